The number of anilines is 1. The fourth-order valence-corrected chi connectivity index (χ4v) is 2.38. The van der Waals surface area contributed by atoms with Gasteiger partial charge in [0.2, 0.25) is 5.91 Å². The number of methoxy groups -OCH3 is 1. The lowest BCUT2D eigenvalue weighted by atomic mass is 10.1. The molecule has 0 saturated heterocycles. The number of para-hydroxylation sites is 1. The number of likely N-dealkylation sites (N-methyl/N-ethyl adjacent to an activating group) is 1. The van der Waals surface area contributed by atoms with Crippen molar-refractivity contribution in [2.24, 2.45) is 0 Å². The predicted octanol–water partition coefficient (Wildman–Crippen LogP) is 1.72. The molecule has 98 valence electrons. The lowest BCUT2D eigenvalue weighted by Crippen LogP contribution is -2.35. The van der Waals surface area contributed by atoms with Gasteiger partial charge in [-0.2, -0.15) is 0 Å². The second kappa shape index (κ2) is 5.98. The molecule has 1 aromatic rings. The number of hydrogen-bond acceptors (Lipinski definition) is 3. The number of fused-ring (bicyclic) bond motifs is 1. The Labute approximate surface area is 108 Å². The summed E-state index contributed by atoms with van der Waals surface area (Å²) >= 11 is 0. The second-order valence-corrected chi connectivity index (χ2v) is 4.39. The number of hydrogen-bond donors (Lipinski definition) is 1. The van der Waals surface area contributed by atoms with Crippen LogP contribution in [-0.2, 0) is 9.53 Å². The lowest BCUT2D eigenvalue weighted by Gasteiger charge is -2.17. The lowest BCUT2D eigenvalue weighted by molar-refractivity contribution is -0.120. The van der Waals surface area contributed by atoms with Crippen molar-refractivity contribution in [3.8, 4) is 0 Å². The maximum atomic E-state index is 12.4. The van der Waals surface area contributed by atoms with Gasteiger partial charge >= 0.3 is 0 Å². The first-order valence-corrected chi connectivity index (χ1v) is 6.42. The molecule has 1 N–H and O–H groups in total. The highest BCUT2D eigenvalue weighted by Gasteiger charge is 2.35. The Morgan fingerprint density at radius 3 is 2.89 bits per heavy atom. The molecule has 0 spiro atoms. The molecule has 4 heteroatoms. The number of nitrogens with one attached hydrogen (secondary N) is 1. The molecule has 0 fully saturated rings. The Kier molecular flexibility index (Phi) is 4.33. The molecule has 0 saturated carbocycles. The molecule has 1 aliphatic rings. The summed E-state index contributed by atoms with van der Waals surface area (Å²) in [6, 6.07) is 7.81. The highest BCUT2D eigenvalue weighted by molar-refractivity contribution is 6.04. The van der Waals surface area contributed by atoms with Crippen LogP contribution >= 0.6 is 0 Å². The van der Waals surface area contributed by atoms with Crippen LogP contribution < -0.4 is 10.2 Å². The van der Waals surface area contributed by atoms with Crippen LogP contribution in [0.3, 0.4) is 0 Å². The molecule has 1 aromatic carbocycles. The van der Waals surface area contributed by atoms with Crippen molar-refractivity contribution in [1.82, 2.24) is 5.32 Å². The third-order valence-electron chi connectivity index (χ3n) is 3.19. The molecular weight excluding hydrogens is 228 g/mol. The number of amides is 1. The summed E-state index contributed by atoms with van der Waals surface area (Å²) in [5, 5.41) is 3.25. The zero-order valence-electron chi connectivity index (χ0n) is 11.0. The van der Waals surface area contributed by atoms with E-state index in [0.29, 0.717) is 13.2 Å². The van der Waals surface area contributed by atoms with Crippen molar-refractivity contribution in [1.29, 1.82) is 0 Å². The zero-order chi connectivity index (χ0) is 13.0. The summed E-state index contributed by atoms with van der Waals surface area (Å²) in [6.07, 6.45) is 0.857. The van der Waals surface area contributed by atoms with Crippen LogP contribution in [0, 0.1) is 0 Å². The van der Waals surface area contributed by atoms with Gasteiger partial charge in [-0.1, -0.05) is 25.1 Å². The first kappa shape index (κ1) is 13.1. The average Bonchev–Trinajstić information content (AvgIpc) is 2.65. The van der Waals surface area contributed by atoms with Gasteiger partial charge in [-0.3, -0.25) is 4.79 Å². The van der Waals surface area contributed by atoms with E-state index in [4.69, 9.17) is 4.74 Å². The minimum absolute atomic E-state index is 0.147. The van der Waals surface area contributed by atoms with E-state index in [1.807, 2.05) is 36.1 Å². The Morgan fingerprint density at radius 1 is 1.39 bits per heavy atom. The van der Waals surface area contributed by atoms with Crippen LogP contribution in [-0.4, -0.2) is 32.7 Å². The minimum atomic E-state index is -0.186. The largest absolute Gasteiger partial charge is 0.385 e. The van der Waals surface area contributed by atoms with E-state index in [2.05, 4.69) is 5.32 Å². The van der Waals surface area contributed by atoms with Crippen molar-refractivity contribution < 1.29 is 9.53 Å². The van der Waals surface area contributed by atoms with E-state index in [1.54, 1.807) is 7.11 Å². The summed E-state index contributed by atoms with van der Waals surface area (Å²) < 4.78 is 5.05. The summed E-state index contributed by atoms with van der Waals surface area (Å²) in [5.74, 6) is 0.147. The fraction of sp³-hybridized carbons (Fsp3) is 0.500. The highest BCUT2D eigenvalue weighted by Crippen LogP contribution is 2.35. The summed E-state index contributed by atoms with van der Waals surface area (Å²) in [4.78, 5) is 14.2. The van der Waals surface area contributed by atoms with E-state index in [9.17, 15) is 4.79 Å². The van der Waals surface area contributed by atoms with Crippen LogP contribution in [0.2, 0.25) is 0 Å². The van der Waals surface area contributed by atoms with E-state index < -0.39 is 0 Å². The Balaban J connectivity index is 2.18. The standard InChI is InChI=1S/C14H20N2O2/c1-3-15-13-11-7-4-5-8-12(11)16(14(13)17)9-6-10-18-2/h4-5,7-8,13,15H,3,6,9-10H2,1-2H3. The number of ether oxygens (including phenoxy) is 1. The average molecular weight is 248 g/mol. The maximum Gasteiger partial charge on any atom is 0.248 e. The number of benzene rings is 1. The maximum absolute atomic E-state index is 12.4. The minimum Gasteiger partial charge on any atom is -0.385 e. The molecule has 0 aromatic heterocycles. The smallest absolute Gasteiger partial charge is 0.248 e. The summed E-state index contributed by atoms with van der Waals surface area (Å²) in [7, 11) is 1.68. The number of nitrogens with zero attached hydrogens (tertiary/aromatic N) is 1. The summed E-state index contributed by atoms with van der Waals surface area (Å²) in [5.41, 5.74) is 2.12. The van der Waals surface area contributed by atoms with Gasteiger partial charge in [0.05, 0.1) is 0 Å². The third-order valence-corrected chi connectivity index (χ3v) is 3.19. The Bertz CT molecular complexity index is 420. The van der Waals surface area contributed by atoms with Crippen molar-refractivity contribution in [2.45, 2.75) is 19.4 Å². The van der Waals surface area contributed by atoms with Gasteiger partial charge < -0.3 is 15.0 Å². The van der Waals surface area contributed by atoms with Crippen molar-refractivity contribution in [3.63, 3.8) is 0 Å². The van der Waals surface area contributed by atoms with Crippen molar-refractivity contribution in [2.75, 3.05) is 31.7 Å². The molecule has 0 radical (unpaired) electrons. The normalized spacial score (nSPS) is 18.2. The molecule has 1 aliphatic heterocycles. The van der Waals surface area contributed by atoms with Gasteiger partial charge in [0.25, 0.3) is 0 Å². The van der Waals surface area contributed by atoms with E-state index >= 15 is 0 Å². The van der Waals surface area contributed by atoms with Crippen LogP contribution in [0.15, 0.2) is 24.3 Å². The fourth-order valence-electron chi connectivity index (χ4n) is 2.38. The topological polar surface area (TPSA) is 41.6 Å². The third kappa shape index (κ3) is 2.40. The highest BCUT2D eigenvalue weighted by atomic mass is 16.5. The molecule has 0 aliphatic carbocycles. The summed E-state index contributed by atoms with van der Waals surface area (Å²) in [6.45, 7) is 4.20. The van der Waals surface area contributed by atoms with Gasteiger partial charge in [-0.15, -0.1) is 0 Å². The molecule has 2 rings (SSSR count). The zero-order valence-corrected chi connectivity index (χ0v) is 11.0. The molecule has 0 bridgehead atoms. The van der Waals surface area contributed by atoms with Crippen LogP contribution in [0.5, 0.6) is 0 Å². The SMILES string of the molecule is CCNC1C(=O)N(CCCOC)c2ccccc21. The second-order valence-electron chi connectivity index (χ2n) is 4.39. The van der Waals surface area contributed by atoms with Gasteiger partial charge in [0.15, 0.2) is 0 Å². The molecular formula is C14H20N2O2. The van der Waals surface area contributed by atoms with Crippen LogP contribution in [0.25, 0.3) is 0 Å². The molecule has 1 amide bonds. The monoisotopic (exact) mass is 248 g/mol. The van der Waals surface area contributed by atoms with Crippen molar-refractivity contribution >= 4 is 11.6 Å². The number of carbonyl (C=O) groups is 1. The Morgan fingerprint density at radius 2 is 2.17 bits per heavy atom. The van der Waals surface area contributed by atoms with Gasteiger partial charge in [0.1, 0.15) is 6.04 Å². The number of carbonyl (C=O) groups excluding carboxylic acids is 1. The van der Waals surface area contributed by atoms with E-state index in [1.165, 1.54) is 0 Å². The van der Waals surface area contributed by atoms with Gasteiger partial charge in [0, 0.05) is 31.5 Å². The van der Waals surface area contributed by atoms with Crippen molar-refractivity contribution in [3.05, 3.63) is 29.8 Å². The molecule has 1 atom stereocenters. The van der Waals surface area contributed by atoms with E-state index in [-0.39, 0.29) is 11.9 Å². The molecule has 4 nitrogen and oxygen atoms in total. The Hall–Kier alpha value is -1.39. The predicted molar refractivity (Wildman–Crippen MR) is 71.7 cm³/mol. The van der Waals surface area contributed by atoms with Gasteiger partial charge in [-0.05, 0) is 19.0 Å². The first-order valence-electron chi connectivity index (χ1n) is 6.42. The molecule has 1 unspecified atom stereocenters. The van der Waals surface area contributed by atoms with Crippen LogP contribution in [0.4, 0.5) is 5.69 Å². The number of rotatable bonds is 6. The quantitative estimate of drug-likeness (QED) is 0.779. The van der Waals surface area contributed by atoms with E-state index in [0.717, 1.165) is 24.2 Å². The first-order chi connectivity index (χ1) is 8.79. The molecule has 18 heavy (non-hydrogen) atoms. The molecule has 1 heterocycles. The van der Waals surface area contributed by atoms with Gasteiger partial charge in [-0.25, -0.2) is 0 Å². The van der Waals surface area contributed by atoms with Crippen LogP contribution in [0.1, 0.15) is 24.9 Å².